The smallest absolute Gasteiger partial charge is 0.365 e. The van der Waals surface area contributed by atoms with Gasteiger partial charge in [-0.1, -0.05) is 24.3 Å². The van der Waals surface area contributed by atoms with Gasteiger partial charge in [0.15, 0.2) is 0 Å². The van der Waals surface area contributed by atoms with Gasteiger partial charge >= 0.3 is 8.88 Å². The van der Waals surface area contributed by atoms with Crippen LogP contribution in [0.25, 0.3) is 0 Å². The van der Waals surface area contributed by atoms with E-state index in [0.717, 1.165) is 25.7 Å². The van der Waals surface area contributed by atoms with Crippen molar-refractivity contribution < 1.29 is 8.85 Å². The Morgan fingerprint density at radius 3 is 1.55 bits per heavy atom. The van der Waals surface area contributed by atoms with Crippen LogP contribution in [0, 0.1) is 13.8 Å². The van der Waals surface area contributed by atoms with Gasteiger partial charge < -0.3 is 18.0 Å². The first-order valence-corrected chi connectivity index (χ1v) is 12.5. The van der Waals surface area contributed by atoms with E-state index in [1.54, 1.807) is 0 Å². The molecule has 0 bridgehead atoms. The molecule has 0 amide bonds. The minimum atomic E-state index is -2.95. The van der Waals surface area contributed by atoms with Crippen LogP contribution < -0.4 is 9.13 Å². The van der Waals surface area contributed by atoms with E-state index in [0.29, 0.717) is 12.1 Å². The molecule has 4 nitrogen and oxygen atoms in total. The van der Waals surface area contributed by atoms with Crippen LogP contribution in [0.4, 0.5) is 11.4 Å². The monoisotopic (exact) mass is 410 g/mol. The molecular weight excluding hydrogens is 376 g/mol. The standard InChI is InChI=1S/C24H34N2O2Si/c1-17-7-11-21-13-9-19(3)25(23(21)15-17)29(27-5,28-6)26-20(4)10-14-22-12-8-18(2)16-24(22)26/h7-8,11-12,15-16,19-20H,9-10,13-14H2,1-6H3. The largest absolute Gasteiger partial charge is 0.588 e. The van der Waals surface area contributed by atoms with Crippen molar-refractivity contribution >= 4 is 20.3 Å². The second-order valence-corrected chi connectivity index (χ2v) is 11.6. The van der Waals surface area contributed by atoms with Gasteiger partial charge in [0.1, 0.15) is 0 Å². The highest BCUT2D eigenvalue weighted by Gasteiger charge is 2.57. The summed E-state index contributed by atoms with van der Waals surface area (Å²) in [7, 11) is 0.724. The quantitative estimate of drug-likeness (QED) is 0.661. The van der Waals surface area contributed by atoms with E-state index in [-0.39, 0.29) is 0 Å². The zero-order chi connectivity index (χ0) is 20.8. The Bertz CT molecular complexity index is 827. The number of nitrogens with zero attached hydrogens (tertiary/aromatic N) is 2. The van der Waals surface area contributed by atoms with Gasteiger partial charge in [-0.2, -0.15) is 0 Å². The normalized spacial score (nSPS) is 21.7. The first-order chi connectivity index (χ1) is 13.9. The van der Waals surface area contributed by atoms with Crippen molar-refractivity contribution in [3.63, 3.8) is 0 Å². The molecule has 156 valence electrons. The molecule has 2 aliphatic rings. The highest BCUT2D eigenvalue weighted by Crippen LogP contribution is 2.42. The highest BCUT2D eigenvalue weighted by atomic mass is 28.4. The summed E-state index contributed by atoms with van der Waals surface area (Å²) in [4.78, 5) is 0. The summed E-state index contributed by atoms with van der Waals surface area (Å²) in [5.74, 6) is 0. The molecule has 2 atom stereocenters. The fraction of sp³-hybridized carbons (Fsp3) is 0.500. The summed E-state index contributed by atoms with van der Waals surface area (Å²) in [6, 6.07) is 14.4. The van der Waals surface area contributed by atoms with Crippen LogP contribution in [-0.4, -0.2) is 35.2 Å². The molecule has 2 aliphatic heterocycles. The Balaban J connectivity index is 1.92. The van der Waals surface area contributed by atoms with Crippen LogP contribution in [0.2, 0.25) is 0 Å². The lowest BCUT2D eigenvalue weighted by Crippen LogP contribution is -2.75. The van der Waals surface area contributed by atoms with E-state index < -0.39 is 8.88 Å². The summed E-state index contributed by atoms with van der Waals surface area (Å²) in [5.41, 5.74) is 7.92. The van der Waals surface area contributed by atoms with Crippen LogP contribution in [0.5, 0.6) is 0 Å². The van der Waals surface area contributed by atoms with Crippen molar-refractivity contribution in [3.8, 4) is 0 Å². The Morgan fingerprint density at radius 2 is 1.17 bits per heavy atom. The number of aryl methyl sites for hydroxylation is 4. The van der Waals surface area contributed by atoms with Crippen LogP contribution >= 0.6 is 0 Å². The molecule has 0 spiro atoms. The average molecular weight is 411 g/mol. The summed E-state index contributed by atoms with van der Waals surface area (Å²) in [6.07, 6.45) is 4.44. The fourth-order valence-corrected chi connectivity index (χ4v) is 8.72. The Labute approximate surface area is 176 Å². The molecule has 5 heteroatoms. The van der Waals surface area contributed by atoms with Gasteiger partial charge in [0.2, 0.25) is 0 Å². The van der Waals surface area contributed by atoms with E-state index in [2.05, 4.69) is 73.2 Å². The second kappa shape index (κ2) is 7.78. The summed E-state index contributed by atoms with van der Waals surface area (Å²) in [6.45, 7) is 8.97. The molecule has 0 aromatic heterocycles. The van der Waals surface area contributed by atoms with Gasteiger partial charge in [0, 0.05) is 37.7 Å². The van der Waals surface area contributed by atoms with E-state index in [1.165, 1.54) is 33.6 Å². The number of hydrogen-bond acceptors (Lipinski definition) is 4. The van der Waals surface area contributed by atoms with E-state index in [9.17, 15) is 0 Å². The van der Waals surface area contributed by atoms with Gasteiger partial charge in [0.25, 0.3) is 0 Å². The van der Waals surface area contributed by atoms with Gasteiger partial charge in [0.05, 0.1) is 0 Å². The van der Waals surface area contributed by atoms with Crippen molar-refractivity contribution in [3.05, 3.63) is 58.7 Å². The molecule has 0 saturated carbocycles. The molecular formula is C24H34N2O2Si. The minimum absolute atomic E-state index is 0.359. The summed E-state index contributed by atoms with van der Waals surface area (Å²) < 4.78 is 18.0. The maximum atomic E-state index is 6.47. The van der Waals surface area contributed by atoms with E-state index in [4.69, 9.17) is 8.85 Å². The average Bonchev–Trinajstić information content (AvgIpc) is 2.71. The number of rotatable bonds is 4. The molecule has 4 rings (SSSR count). The number of hydrogen-bond donors (Lipinski definition) is 0. The zero-order valence-electron chi connectivity index (χ0n) is 18.7. The number of anilines is 2. The van der Waals surface area contributed by atoms with Crippen LogP contribution in [0.15, 0.2) is 36.4 Å². The summed E-state index contributed by atoms with van der Waals surface area (Å²) >= 11 is 0. The first kappa shape index (κ1) is 20.4. The first-order valence-electron chi connectivity index (χ1n) is 10.8. The van der Waals surface area contributed by atoms with Crippen molar-refractivity contribution in [2.24, 2.45) is 0 Å². The lowest BCUT2D eigenvalue weighted by atomic mass is 9.97. The highest BCUT2D eigenvalue weighted by molar-refractivity contribution is 6.75. The van der Waals surface area contributed by atoms with Crippen molar-refractivity contribution in [1.29, 1.82) is 0 Å². The molecule has 2 heterocycles. The minimum Gasteiger partial charge on any atom is -0.365 e. The van der Waals surface area contributed by atoms with Crippen LogP contribution in [0.3, 0.4) is 0 Å². The Hall–Kier alpha value is -1.82. The maximum absolute atomic E-state index is 6.47. The van der Waals surface area contributed by atoms with Gasteiger partial charge in [-0.15, -0.1) is 0 Å². The summed E-state index contributed by atoms with van der Waals surface area (Å²) in [5, 5.41) is 0. The molecule has 29 heavy (non-hydrogen) atoms. The SMILES string of the molecule is CO[Si](OC)(N1c2cc(C)ccc2CCC1C)N1c2cc(C)ccc2CCC1C. The molecule has 0 radical (unpaired) electrons. The maximum Gasteiger partial charge on any atom is 0.588 e. The predicted octanol–water partition coefficient (Wildman–Crippen LogP) is 5.01. The van der Waals surface area contributed by atoms with Crippen molar-refractivity contribution in [2.75, 3.05) is 23.4 Å². The molecule has 2 aromatic carbocycles. The number of benzene rings is 2. The van der Waals surface area contributed by atoms with Gasteiger partial charge in [-0.3, -0.25) is 0 Å². The number of fused-ring (bicyclic) bond motifs is 2. The molecule has 0 N–H and O–H groups in total. The second-order valence-electron chi connectivity index (χ2n) is 8.74. The molecule has 0 aliphatic carbocycles. The predicted molar refractivity (Wildman–Crippen MR) is 123 cm³/mol. The zero-order valence-corrected chi connectivity index (χ0v) is 19.7. The Kier molecular flexibility index (Phi) is 5.49. The molecule has 0 saturated heterocycles. The Morgan fingerprint density at radius 1 is 0.759 bits per heavy atom. The lowest BCUT2D eigenvalue weighted by Gasteiger charge is -2.53. The third kappa shape index (κ3) is 3.29. The van der Waals surface area contributed by atoms with Gasteiger partial charge in [-0.25, -0.2) is 0 Å². The third-order valence-electron chi connectivity index (χ3n) is 6.69. The molecule has 2 unspecified atom stereocenters. The van der Waals surface area contributed by atoms with Crippen molar-refractivity contribution in [1.82, 2.24) is 0 Å². The van der Waals surface area contributed by atoms with Crippen LogP contribution in [-0.2, 0) is 21.7 Å². The molecule has 0 fully saturated rings. The third-order valence-corrected chi connectivity index (χ3v) is 10.3. The van der Waals surface area contributed by atoms with Crippen molar-refractivity contribution in [2.45, 2.75) is 65.5 Å². The topological polar surface area (TPSA) is 24.9 Å². The fourth-order valence-electron chi connectivity index (χ4n) is 5.14. The van der Waals surface area contributed by atoms with E-state index >= 15 is 0 Å². The van der Waals surface area contributed by atoms with Crippen LogP contribution in [0.1, 0.15) is 48.9 Å². The lowest BCUT2D eigenvalue weighted by molar-refractivity contribution is 0.224. The van der Waals surface area contributed by atoms with E-state index in [1.807, 2.05) is 14.2 Å². The van der Waals surface area contributed by atoms with Gasteiger partial charge in [-0.05, 0) is 87.8 Å². The molecule has 2 aromatic rings.